The van der Waals surface area contributed by atoms with Crippen LogP contribution in [-0.2, 0) is 0 Å². The predicted octanol–water partition coefficient (Wildman–Crippen LogP) is 3.03. The second-order valence-corrected chi connectivity index (χ2v) is 5.04. The Bertz CT molecular complexity index is 418. The van der Waals surface area contributed by atoms with Crippen molar-refractivity contribution in [3.63, 3.8) is 0 Å². The summed E-state index contributed by atoms with van der Waals surface area (Å²) in [5, 5.41) is 0. The molecule has 1 saturated heterocycles. The molecule has 1 aromatic rings. The van der Waals surface area contributed by atoms with E-state index in [0.29, 0.717) is 17.5 Å². The van der Waals surface area contributed by atoms with E-state index in [1.54, 1.807) is 0 Å². The zero-order chi connectivity index (χ0) is 12.6. The highest BCUT2D eigenvalue weighted by Gasteiger charge is 2.28. The van der Waals surface area contributed by atoms with Gasteiger partial charge in [-0.3, -0.25) is 0 Å². The van der Waals surface area contributed by atoms with Crippen LogP contribution in [0.25, 0.3) is 0 Å². The molecule has 4 heteroatoms. The van der Waals surface area contributed by atoms with Crippen molar-refractivity contribution in [1.82, 2.24) is 0 Å². The van der Waals surface area contributed by atoms with Gasteiger partial charge in [-0.2, -0.15) is 0 Å². The van der Waals surface area contributed by atoms with Gasteiger partial charge >= 0.3 is 0 Å². The van der Waals surface area contributed by atoms with Gasteiger partial charge in [0.15, 0.2) is 11.6 Å². The van der Waals surface area contributed by atoms with Crippen molar-refractivity contribution in [3.8, 4) is 0 Å². The molecule has 0 aromatic heterocycles. The maximum Gasteiger partial charge on any atom is 0.184 e. The molecule has 1 aliphatic rings. The largest absolute Gasteiger partial charge is 0.397 e. The van der Waals surface area contributed by atoms with Crippen LogP contribution in [0.15, 0.2) is 12.1 Å². The molecule has 0 bridgehead atoms. The molecule has 94 valence electrons. The third-order valence-corrected chi connectivity index (χ3v) is 3.58. The summed E-state index contributed by atoms with van der Waals surface area (Å²) in [4.78, 5) is 1.86. The van der Waals surface area contributed by atoms with Gasteiger partial charge in [-0.25, -0.2) is 8.78 Å². The van der Waals surface area contributed by atoms with E-state index in [4.69, 9.17) is 5.73 Å². The highest BCUT2D eigenvalue weighted by molar-refractivity contribution is 5.68. The Balaban J connectivity index is 2.27. The Kier molecular flexibility index (Phi) is 3.22. The lowest BCUT2D eigenvalue weighted by Gasteiger charge is -2.22. The highest BCUT2D eigenvalue weighted by atomic mass is 19.2. The first-order chi connectivity index (χ1) is 8.00. The molecule has 2 N–H and O–H groups in total. The summed E-state index contributed by atoms with van der Waals surface area (Å²) >= 11 is 0. The number of rotatable bonds is 2. The number of anilines is 2. The van der Waals surface area contributed by atoms with Gasteiger partial charge in [0.25, 0.3) is 0 Å². The van der Waals surface area contributed by atoms with E-state index in [9.17, 15) is 8.78 Å². The molecule has 1 aliphatic heterocycles. The topological polar surface area (TPSA) is 29.3 Å². The Labute approximate surface area is 100 Å². The molecule has 0 saturated carbocycles. The van der Waals surface area contributed by atoms with Crippen molar-refractivity contribution in [2.45, 2.75) is 20.3 Å². The fourth-order valence-electron chi connectivity index (χ4n) is 2.41. The van der Waals surface area contributed by atoms with Gasteiger partial charge in [0, 0.05) is 13.1 Å². The average Bonchev–Trinajstić information content (AvgIpc) is 2.73. The molecule has 0 spiro atoms. The van der Waals surface area contributed by atoms with Gasteiger partial charge in [0.1, 0.15) is 0 Å². The molecule has 0 aliphatic carbocycles. The zero-order valence-electron chi connectivity index (χ0n) is 10.2. The number of benzene rings is 1. The highest BCUT2D eigenvalue weighted by Crippen LogP contribution is 2.34. The van der Waals surface area contributed by atoms with Crippen LogP contribution < -0.4 is 10.6 Å². The van der Waals surface area contributed by atoms with E-state index in [1.807, 2.05) is 4.90 Å². The fourth-order valence-corrected chi connectivity index (χ4v) is 2.41. The van der Waals surface area contributed by atoms with Crippen LogP contribution in [0.4, 0.5) is 20.2 Å². The van der Waals surface area contributed by atoms with E-state index in [2.05, 4.69) is 13.8 Å². The number of nitrogens with two attached hydrogens (primary N) is 1. The van der Waals surface area contributed by atoms with Crippen LogP contribution in [0, 0.1) is 23.5 Å². The Morgan fingerprint density at radius 1 is 1.35 bits per heavy atom. The summed E-state index contributed by atoms with van der Waals surface area (Å²) in [6.07, 6.45) is 1.01. The first-order valence-electron chi connectivity index (χ1n) is 5.99. The molecule has 1 aromatic carbocycles. The van der Waals surface area contributed by atoms with Crippen molar-refractivity contribution in [1.29, 1.82) is 0 Å². The van der Waals surface area contributed by atoms with Crippen LogP contribution in [-0.4, -0.2) is 13.1 Å². The lowest BCUT2D eigenvalue weighted by atomic mass is 9.95. The quantitative estimate of drug-likeness (QED) is 0.805. The maximum atomic E-state index is 13.7. The number of hydrogen-bond donors (Lipinski definition) is 1. The van der Waals surface area contributed by atoms with Gasteiger partial charge in [-0.15, -0.1) is 0 Å². The SMILES string of the molecule is CC(C)C1CCN(c2c(N)ccc(F)c2F)C1. The standard InChI is InChI=1S/C13H18F2N2/c1-8(2)9-5-6-17(7-9)13-11(16)4-3-10(14)12(13)15/h3-4,8-9H,5-7,16H2,1-2H3. The van der Waals surface area contributed by atoms with Crippen LogP contribution in [0.1, 0.15) is 20.3 Å². The molecular formula is C13H18F2N2. The van der Waals surface area contributed by atoms with Gasteiger partial charge < -0.3 is 10.6 Å². The number of halogens is 2. The monoisotopic (exact) mass is 240 g/mol. The van der Waals surface area contributed by atoms with Crippen molar-refractivity contribution < 1.29 is 8.78 Å². The summed E-state index contributed by atoms with van der Waals surface area (Å²) in [5.74, 6) is -0.577. The van der Waals surface area contributed by atoms with Gasteiger partial charge in [0.05, 0.1) is 11.4 Å². The summed E-state index contributed by atoms with van der Waals surface area (Å²) in [5.41, 5.74) is 6.29. The molecule has 0 amide bonds. The fraction of sp³-hybridized carbons (Fsp3) is 0.538. The van der Waals surface area contributed by atoms with Crippen LogP contribution in [0.2, 0.25) is 0 Å². The van der Waals surface area contributed by atoms with Crippen molar-refractivity contribution in [3.05, 3.63) is 23.8 Å². The molecular weight excluding hydrogens is 222 g/mol. The molecule has 2 rings (SSSR count). The second-order valence-electron chi connectivity index (χ2n) is 5.04. The molecule has 17 heavy (non-hydrogen) atoms. The first-order valence-corrected chi connectivity index (χ1v) is 5.99. The van der Waals surface area contributed by atoms with E-state index in [0.717, 1.165) is 25.6 Å². The lowest BCUT2D eigenvalue weighted by Crippen LogP contribution is -2.23. The summed E-state index contributed by atoms with van der Waals surface area (Å²) in [6, 6.07) is 2.50. The van der Waals surface area contributed by atoms with Gasteiger partial charge in [0.2, 0.25) is 0 Å². The molecule has 1 atom stereocenters. The smallest absolute Gasteiger partial charge is 0.184 e. The van der Waals surface area contributed by atoms with E-state index in [-0.39, 0.29) is 5.69 Å². The molecule has 2 nitrogen and oxygen atoms in total. The normalized spacial score (nSPS) is 20.3. The number of hydrogen-bond acceptors (Lipinski definition) is 2. The third-order valence-electron chi connectivity index (χ3n) is 3.58. The van der Waals surface area contributed by atoms with Crippen LogP contribution in [0.3, 0.4) is 0 Å². The van der Waals surface area contributed by atoms with Crippen molar-refractivity contribution >= 4 is 11.4 Å². The van der Waals surface area contributed by atoms with Crippen molar-refractivity contribution in [2.24, 2.45) is 11.8 Å². The van der Waals surface area contributed by atoms with E-state index in [1.165, 1.54) is 6.07 Å². The Morgan fingerprint density at radius 2 is 2.06 bits per heavy atom. The minimum atomic E-state index is -0.831. The molecule has 1 fully saturated rings. The molecule has 0 radical (unpaired) electrons. The zero-order valence-corrected chi connectivity index (χ0v) is 10.2. The maximum absolute atomic E-state index is 13.7. The van der Waals surface area contributed by atoms with Crippen molar-refractivity contribution in [2.75, 3.05) is 23.7 Å². The predicted molar refractivity (Wildman–Crippen MR) is 65.9 cm³/mol. The molecule has 1 heterocycles. The molecule has 1 unspecified atom stereocenters. The second kappa shape index (κ2) is 4.51. The Hall–Kier alpha value is -1.32. The minimum absolute atomic E-state index is 0.230. The van der Waals surface area contributed by atoms with E-state index >= 15 is 0 Å². The summed E-state index contributed by atoms with van der Waals surface area (Å²) in [7, 11) is 0. The van der Waals surface area contributed by atoms with Crippen LogP contribution >= 0.6 is 0 Å². The minimum Gasteiger partial charge on any atom is -0.397 e. The number of nitrogens with zero attached hydrogens (tertiary/aromatic N) is 1. The summed E-state index contributed by atoms with van der Waals surface area (Å²) < 4.78 is 27.0. The number of nitrogen functional groups attached to an aromatic ring is 1. The van der Waals surface area contributed by atoms with Gasteiger partial charge in [-0.05, 0) is 30.4 Å². The average molecular weight is 240 g/mol. The van der Waals surface area contributed by atoms with Gasteiger partial charge in [-0.1, -0.05) is 13.8 Å². The van der Waals surface area contributed by atoms with E-state index < -0.39 is 11.6 Å². The third kappa shape index (κ3) is 2.21. The first kappa shape index (κ1) is 12.1. The Morgan fingerprint density at radius 3 is 2.65 bits per heavy atom. The summed E-state index contributed by atoms with van der Waals surface area (Å²) in [6.45, 7) is 5.80. The van der Waals surface area contributed by atoms with Crippen LogP contribution in [0.5, 0.6) is 0 Å². The lowest BCUT2D eigenvalue weighted by molar-refractivity contribution is 0.422.